The molecule has 0 aliphatic heterocycles. The first-order valence-electron chi connectivity index (χ1n) is 5.02. The van der Waals surface area contributed by atoms with Crippen LogP contribution in [-0.4, -0.2) is 25.8 Å². The van der Waals surface area contributed by atoms with Gasteiger partial charge in [-0.3, -0.25) is 4.68 Å². The number of halogens is 1. The number of carbonyl (C=O) groups is 1. The van der Waals surface area contributed by atoms with E-state index in [-0.39, 0.29) is 10.7 Å². The monoisotopic (exact) mass is 251 g/mol. The number of pyridine rings is 1. The van der Waals surface area contributed by atoms with Crippen molar-refractivity contribution in [3.8, 4) is 0 Å². The molecule has 2 aromatic heterocycles. The highest BCUT2D eigenvalue weighted by Crippen LogP contribution is 2.14. The number of carboxylic acids is 1. The van der Waals surface area contributed by atoms with Crippen LogP contribution in [0.2, 0.25) is 5.15 Å². The van der Waals surface area contributed by atoms with Gasteiger partial charge in [0.25, 0.3) is 0 Å². The van der Waals surface area contributed by atoms with Crippen LogP contribution in [0.15, 0.2) is 30.7 Å². The summed E-state index contributed by atoms with van der Waals surface area (Å²) in [5, 5.41) is 13.0. The molecule has 1 N–H and O–H groups in total. The minimum absolute atomic E-state index is 0.0142. The molecule has 0 aliphatic rings. The predicted octanol–water partition coefficient (Wildman–Crippen LogP) is 1.87. The Morgan fingerprint density at radius 3 is 3.00 bits per heavy atom. The Morgan fingerprint density at radius 1 is 1.53 bits per heavy atom. The number of hydrogen-bond acceptors (Lipinski definition) is 3. The van der Waals surface area contributed by atoms with Gasteiger partial charge in [-0.05, 0) is 24.1 Å². The summed E-state index contributed by atoms with van der Waals surface area (Å²) >= 11 is 5.68. The van der Waals surface area contributed by atoms with Gasteiger partial charge in [0.15, 0.2) is 0 Å². The molecule has 2 heterocycles. The molecule has 88 valence electrons. The SMILES string of the molecule is O=C(O)c1cc(CCn2cccn2)cnc1Cl. The first kappa shape index (κ1) is 11.6. The van der Waals surface area contributed by atoms with Gasteiger partial charge in [-0.25, -0.2) is 9.78 Å². The fourth-order valence-corrected chi connectivity index (χ4v) is 1.64. The lowest BCUT2D eigenvalue weighted by molar-refractivity contribution is 0.0696. The lowest BCUT2D eigenvalue weighted by Gasteiger charge is -2.04. The smallest absolute Gasteiger partial charge is 0.338 e. The van der Waals surface area contributed by atoms with Crippen LogP contribution in [0.5, 0.6) is 0 Å². The van der Waals surface area contributed by atoms with Crippen LogP contribution in [0.1, 0.15) is 15.9 Å². The molecule has 2 aromatic rings. The van der Waals surface area contributed by atoms with Crippen molar-refractivity contribution >= 4 is 17.6 Å². The van der Waals surface area contributed by atoms with Crippen LogP contribution in [0, 0.1) is 0 Å². The molecule has 0 unspecified atom stereocenters. The van der Waals surface area contributed by atoms with Crippen molar-refractivity contribution in [3.05, 3.63) is 47.0 Å². The number of carboxylic acid groups (broad SMARTS) is 1. The van der Waals surface area contributed by atoms with Gasteiger partial charge in [-0.1, -0.05) is 11.6 Å². The summed E-state index contributed by atoms with van der Waals surface area (Å²) in [6.07, 6.45) is 5.79. The number of aromatic carboxylic acids is 1. The molecule has 0 fully saturated rings. The zero-order valence-corrected chi connectivity index (χ0v) is 9.63. The summed E-state index contributed by atoms with van der Waals surface area (Å²) in [5.74, 6) is -1.07. The third kappa shape index (κ3) is 2.82. The standard InChI is InChI=1S/C11H10ClN3O2/c12-10-9(11(16)17)6-8(7-13-10)2-5-15-4-1-3-14-15/h1,3-4,6-7H,2,5H2,(H,16,17). The van der Waals surface area contributed by atoms with Crippen LogP contribution < -0.4 is 0 Å². The first-order valence-corrected chi connectivity index (χ1v) is 5.40. The van der Waals surface area contributed by atoms with Crippen LogP contribution >= 0.6 is 11.6 Å². The second-order valence-electron chi connectivity index (χ2n) is 3.51. The van der Waals surface area contributed by atoms with Gasteiger partial charge >= 0.3 is 5.97 Å². The zero-order valence-electron chi connectivity index (χ0n) is 8.88. The molecule has 0 amide bonds. The second kappa shape index (κ2) is 4.97. The third-order valence-electron chi connectivity index (χ3n) is 2.31. The lowest BCUT2D eigenvalue weighted by Crippen LogP contribution is -2.05. The van der Waals surface area contributed by atoms with Gasteiger partial charge in [0.1, 0.15) is 5.15 Å². The van der Waals surface area contributed by atoms with E-state index in [1.165, 1.54) is 0 Å². The molecule has 0 saturated carbocycles. The highest BCUT2D eigenvalue weighted by atomic mass is 35.5. The highest BCUT2D eigenvalue weighted by Gasteiger charge is 2.10. The minimum Gasteiger partial charge on any atom is -0.478 e. The Balaban J connectivity index is 2.11. The van der Waals surface area contributed by atoms with E-state index >= 15 is 0 Å². The maximum absolute atomic E-state index is 10.9. The van der Waals surface area contributed by atoms with Crippen molar-refractivity contribution in [2.24, 2.45) is 0 Å². The van der Waals surface area contributed by atoms with Crippen molar-refractivity contribution in [2.45, 2.75) is 13.0 Å². The van der Waals surface area contributed by atoms with E-state index in [0.29, 0.717) is 13.0 Å². The van der Waals surface area contributed by atoms with Gasteiger partial charge in [0.2, 0.25) is 0 Å². The zero-order chi connectivity index (χ0) is 12.3. The number of aromatic nitrogens is 3. The molecule has 0 spiro atoms. The number of rotatable bonds is 4. The molecule has 2 rings (SSSR count). The fraction of sp³-hybridized carbons (Fsp3) is 0.182. The highest BCUT2D eigenvalue weighted by molar-refractivity contribution is 6.32. The van der Waals surface area contributed by atoms with Gasteiger partial charge in [0.05, 0.1) is 5.56 Å². The summed E-state index contributed by atoms with van der Waals surface area (Å²) in [6, 6.07) is 3.38. The van der Waals surface area contributed by atoms with Gasteiger partial charge < -0.3 is 5.11 Å². The molecule has 6 heteroatoms. The molecular weight excluding hydrogens is 242 g/mol. The molecular formula is C11H10ClN3O2. The van der Waals surface area contributed by atoms with Gasteiger partial charge in [-0.15, -0.1) is 0 Å². The molecule has 0 aromatic carbocycles. The number of hydrogen-bond donors (Lipinski definition) is 1. The third-order valence-corrected chi connectivity index (χ3v) is 2.62. The number of nitrogens with zero attached hydrogens (tertiary/aromatic N) is 3. The van der Waals surface area contributed by atoms with Crippen molar-refractivity contribution in [3.63, 3.8) is 0 Å². The van der Waals surface area contributed by atoms with Gasteiger partial charge in [0, 0.05) is 25.1 Å². The minimum atomic E-state index is -1.07. The van der Waals surface area contributed by atoms with Crippen molar-refractivity contribution in [1.82, 2.24) is 14.8 Å². The van der Waals surface area contributed by atoms with E-state index in [1.54, 1.807) is 23.1 Å². The van der Waals surface area contributed by atoms with Crippen molar-refractivity contribution < 1.29 is 9.90 Å². The van der Waals surface area contributed by atoms with E-state index < -0.39 is 5.97 Å². The van der Waals surface area contributed by atoms with Crippen LogP contribution in [0.3, 0.4) is 0 Å². The van der Waals surface area contributed by atoms with Crippen LogP contribution in [0.4, 0.5) is 0 Å². The van der Waals surface area contributed by atoms with Crippen molar-refractivity contribution in [1.29, 1.82) is 0 Å². The van der Waals surface area contributed by atoms with E-state index in [1.807, 2.05) is 12.3 Å². The second-order valence-corrected chi connectivity index (χ2v) is 3.86. The molecule has 17 heavy (non-hydrogen) atoms. The molecule has 0 saturated heterocycles. The average Bonchev–Trinajstić information content (AvgIpc) is 2.80. The number of aryl methyl sites for hydroxylation is 2. The predicted molar refractivity (Wildman–Crippen MR) is 62.1 cm³/mol. The maximum Gasteiger partial charge on any atom is 0.338 e. The topological polar surface area (TPSA) is 68.0 Å². The van der Waals surface area contributed by atoms with E-state index in [4.69, 9.17) is 16.7 Å². The van der Waals surface area contributed by atoms with Crippen molar-refractivity contribution in [2.75, 3.05) is 0 Å². The largest absolute Gasteiger partial charge is 0.478 e. The van der Waals surface area contributed by atoms with Crippen LogP contribution in [-0.2, 0) is 13.0 Å². The van der Waals surface area contributed by atoms with Crippen LogP contribution in [0.25, 0.3) is 0 Å². The summed E-state index contributed by atoms with van der Waals surface area (Å²) in [6.45, 7) is 0.676. The molecule has 0 atom stereocenters. The quantitative estimate of drug-likeness (QED) is 0.843. The Labute approximate surface area is 103 Å². The Bertz CT molecular complexity index is 526. The molecule has 0 bridgehead atoms. The molecule has 0 radical (unpaired) electrons. The van der Waals surface area contributed by atoms with Gasteiger partial charge in [-0.2, -0.15) is 5.10 Å². The summed E-state index contributed by atoms with van der Waals surface area (Å²) < 4.78 is 1.77. The Hall–Kier alpha value is -1.88. The first-order chi connectivity index (χ1) is 8.16. The molecule has 0 aliphatic carbocycles. The Kier molecular flexibility index (Phi) is 3.39. The average molecular weight is 252 g/mol. The Morgan fingerprint density at radius 2 is 2.35 bits per heavy atom. The fourth-order valence-electron chi connectivity index (χ4n) is 1.45. The normalized spacial score (nSPS) is 10.4. The summed E-state index contributed by atoms with van der Waals surface area (Å²) in [5.41, 5.74) is 0.854. The van der Waals surface area contributed by atoms with E-state index in [0.717, 1.165) is 5.56 Å². The lowest BCUT2D eigenvalue weighted by atomic mass is 10.1. The maximum atomic E-state index is 10.9. The van der Waals surface area contributed by atoms with E-state index in [2.05, 4.69) is 10.1 Å². The molecule has 5 nitrogen and oxygen atoms in total. The summed E-state index contributed by atoms with van der Waals surface area (Å²) in [7, 11) is 0. The van der Waals surface area contributed by atoms with E-state index in [9.17, 15) is 4.79 Å². The summed E-state index contributed by atoms with van der Waals surface area (Å²) in [4.78, 5) is 14.7.